The number of benzene rings is 1. The fourth-order valence-electron chi connectivity index (χ4n) is 3.15. The molecule has 27 heavy (non-hydrogen) atoms. The number of hydrogen-bond acceptors (Lipinski definition) is 4. The van der Waals surface area contributed by atoms with Gasteiger partial charge in [-0.15, -0.1) is 24.0 Å². The summed E-state index contributed by atoms with van der Waals surface area (Å²) in [6.07, 6.45) is 8.14. The topological polar surface area (TPSA) is 76.4 Å². The van der Waals surface area contributed by atoms with Crippen LogP contribution in [-0.2, 0) is 20.1 Å². The van der Waals surface area contributed by atoms with E-state index in [4.69, 9.17) is 4.74 Å². The molecule has 148 valence electrons. The van der Waals surface area contributed by atoms with Crippen LogP contribution in [0.25, 0.3) is 0 Å². The number of aromatic nitrogens is 3. The molecule has 0 aliphatic heterocycles. The number of aliphatic imine (C=N–C) groups is 1. The Morgan fingerprint density at radius 1 is 1.22 bits per heavy atom. The summed E-state index contributed by atoms with van der Waals surface area (Å²) in [7, 11) is 3.63. The van der Waals surface area contributed by atoms with Gasteiger partial charge in [0.2, 0.25) is 0 Å². The van der Waals surface area contributed by atoms with Crippen LogP contribution in [0.3, 0.4) is 0 Å². The third kappa shape index (κ3) is 6.67. The third-order valence-corrected chi connectivity index (χ3v) is 4.66. The summed E-state index contributed by atoms with van der Waals surface area (Å²) in [5.41, 5.74) is 1.17. The molecular formula is C19H29IN6O. The Morgan fingerprint density at radius 3 is 2.70 bits per heavy atom. The van der Waals surface area contributed by atoms with E-state index in [-0.39, 0.29) is 24.0 Å². The standard InChI is InChI=1S/C19H28N6O.HI/c1-20-19(22-13-18-23-14-24-25(18)2)21-12-15-7-6-10-17(11-15)26-16-8-4-3-5-9-16;/h6-7,10-11,14,16H,3-5,8-9,12-13H2,1-2H3,(H2,20,21,22);1H. The second-order valence-corrected chi connectivity index (χ2v) is 6.60. The van der Waals surface area contributed by atoms with E-state index in [1.54, 1.807) is 18.1 Å². The van der Waals surface area contributed by atoms with Gasteiger partial charge in [-0.1, -0.05) is 18.6 Å². The first-order chi connectivity index (χ1) is 12.7. The Labute approximate surface area is 178 Å². The van der Waals surface area contributed by atoms with Crippen molar-refractivity contribution < 1.29 is 4.74 Å². The van der Waals surface area contributed by atoms with Crippen LogP contribution >= 0.6 is 24.0 Å². The van der Waals surface area contributed by atoms with Crippen molar-refractivity contribution in [2.75, 3.05) is 7.05 Å². The van der Waals surface area contributed by atoms with Crippen LogP contribution in [0.2, 0.25) is 0 Å². The average Bonchev–Trinajstić information content (AvgIpc) is 3.08. The highest BCUT2D eigenvalue weighted by Gasteiger charge is 2.14. The summed E-state index contributed by atoms with van der Waals surface area (Å²) in [6, 6.07) is 8.29. The van der Waals surface area contributed by atoms with E-state index in [9.17, 15) is 0 Å². The molecule has 1 aliphatic carbocycles. The van der Waals surface area contributed by atoms with Gasteiger partial charge in [-0.3, -0.25) is 9.67 Å². The van der Waals surface area contributed by atoms with Gasteiger partial charge in [0.25, 0.3) is 0 Å². The van der Waals surface area contributed by atoms with E-state index >= 15 is 0 Å². The Bertz CT molecular complexity index is 726. The number of ether oxygens (including phenoxy) is 1. The minimum atomic E-state index is 0. The maximum atomic E-state index is 6.15. The molecule has 0 spiro atoms. The van der Waals surface area contributed by atoms with Crippen molar-refractivity contribution in [3.63, 3.8) is 0 Å². The Hall–Kier alpha value is -1.84. The molecule has 8 heteroatoms. The molecule has 1 heterocycles. The molecular weight excluding hydrogens is 455 g/mol. The number of aryl methyl sites for hydroxylation is 1. The molecule has 2 aromatic rings. The fourth-order valence-corrected chi connectivity index (χ4v) is 3.15. The highest BCUT2D eigenvalue weighted by atomic mass is 127. The molecule has 7 nitrogen and oxygen atoms in total. The number of rotatable bonds is 6. The molecule has 0 saturated heterocycles. The van der Waals surface area contributed by atoms with Crippen molar-refractivity contribution in [1.82, 2.24) is 25.4 Å². The smallest absolute Gasteiger partial charge is 0.191 e. The zero-order chi connectivity index (χ0) is 18.2. The third-order valence-electron chi connectivity index (χ3n) is 4.66. The molecule has 1 aliphatic rings. The van der Waals surface area contributed by atoms with Gasteiger partial charge in [0.05, 0.1) is 12.6 Å². The maximum Gasteiger partial charge on any atom is 0.191 e. The van der Waals surface area contributed by atoms with Gasteiger partial charge in [-0.25, -0.2) is 4.98 Å². The summed E-state index contributed by atoms with van der Waals surface area (Å²) in [6.45, 7) is 1.25. The first kappa shape index (κ1) is 21.5. The number of nitrogens with one attached hydrogen (secondary N) is 2. The number of hydrogen-bond donors (Lipinski definition) is 2. The lowest BCUT2D eigenvalue weighted by molar-refractivity contribution is 0.155. The van der Waals surface area contributed by atoms with Gasteiger partial charge >= 0.3 is 0 Å². The van der Waals surface area contributed by atoms with Crippen LogP contribution < -0.4 is 15.4 Å². The molecule has 0 unspecified atom stereocenters. The summed E-state index contributed by atoms with van der Waals surface area (Å²) in [5, 5.41) is 10.6. The quantitative estimate of drug-likeness (QED) is 0.375. The highest BCUT2D eigenvalue weighted by Crippen LogP contribution is 2.23. The fraction of sp³-hybridized carbons (Fsp3) is 0.526. The zero-order valence-corrected chi connectivity index (χ0v) is 18.3. The lowest BCUT2D eigenvalue weighted by atomic mass is 9.98. The van der Waals surface area contributed by atoms with E-state index in [2.05, 4.69) is 37.8 Å². The summed E-state index contributed by atoms with van der Waals surface area (Å²) < 4.78 is 7.89. The van der Waals surface area contributed by atoms with Crippen LogP contribution in [0.4, 0.5) is 0 Å². The van der Waals surface area contributed by atoms with Crippen molar-refractivity contribution in [3.8, 4) is 5.75 Å². The molecule has 0 atom stereocenters. The van der Waals surface area contributed by atoms with E-state index < -0.39 is 0 Å². The van der Waals surface area contributed by atoms with Crippen molar-refractivity contribution in [1.29, 1.82) is 0 Å². The Morgan fingerprint density at radius 2 is 2.00 bits per heavy atom. The monoisotopic (exact) mass is 484 g/mol. The van der Waals surface area contributed by atoms with Crippen molar-refractivity contribution in [2.45, 2.75) is 51.3 Å². The second-order valence-electron chi connectivity index (χ2n) is 6.60. The molecule has 1 fully saturated rings. The minimum Gasteiger partial charge on any atom is -0.490 e. The van der Waals surface area contributed by atoms with E-state index in [0.717, 1.165) is 17.5 Å². The minimum absolute atomic E-state index is 0. The molecule has 0 bridgehead atoms. The summed E-state index contributed by atoms with van der Waals surface area (Å²) in [5.74, 6) is 2.54. The summed E-state index contributed by atoms with van der Waals surface area (Å²) >= 11 is 0. The van der Waals surface area contributed by atoms with Gasteiger partial charge in [0.15, 0.2) is 5.96 Å². The van der Waals surface area contributed by atoms with E-state index in [1.807, 2.05) is 19.2 Å². The lowest BCUT2D eigenvalue weighted by Gasteiger charge is -2.23. The van der Waals surface area contributed by atoms with E-state index in [0.29, 0.717) is 19.2 Å². The van der Waals surface area contributed by atoms with Crippen LogP contribution in [0, 0.1) is 0 Å². The summed E-state index contributed by atoms with van der Waals surface area (Å²) in [4.78, 5) is 8.45. The SMILES string of the molecule is CN=C(NCc1cccc(OC2CCCCC2)c1)NCc1ncnn1C.I. The van der Waals surface area contributed by atoms with Crippen molar-refractivity contribution >= 4 is 29.9 Å². The zero-order valence-electron chi connectivity index (χ0n) is 16.0. The average molecular weight is 484 g/mol. The predicted molar refractivity (Wildman–Crippen MR) is 117 cm³/mol. The van der Waals surface area contributed by atoms with Crippen molar-refractivity contribution in [3.05, 3.63) is 42.0 Å². The first-order valence-corrected chi connectivity index (χ1v) is 9.27. The normalized spacial score (nSPS) is 15.1. The Kier molecular flexibility index (Phi) is 8.83. The molecule has 0 radical (unpaired) electrons. The molecule has 2 N–H and O–H groups in total. The van der Waals surface area contributed by atoms with Crippen molar-refractivity contribution in [2.24, 2.45) is 12.0 Å². The molecule has 0 amide bonds. The number of nitrogens with zero attached hydrogens (tertiary/aromatic N) is 4. The second kappa shape index (κ2) is 11.1. The number of halogens is 1. The lowest BCUT2D eigenvalue weighted by Crippen LogP contribution is -2.36. The van der Waals surface area contributed by atoms with Crippen LogP contribution in [-0.4, -0.2) is 33.9 Å². The van der Waals surface area contributed by atoms with Gasteiger partial charge in [0.1, 0.15) is 17.9 Å². The van der Waals surface area contributed by atoms with Crippen LogP contribution in [0.1, 0.15) is 43.5 Å². The van der Waals surface area contributed by atoms with Gasteiger partial charge in [-0.05, 0) is 43.4 Å². The molecule has 1 aromatic heterocycles. The largest absolute Gasteiger partial charge is 0.490 e. The van der Waals surface area contributed by atoms with E-state index in [1.165, 1.54) is 37.7 Å². The Balaban J connectivity index is 0.00000261. The van der Waals surface area contributed by atoms with Crippen LogP contribution in [0.15, 0.2) is 35.6 Å². The maximum absolute atomic E-state index is 6.15. The predicted octanol–water partition coefficient (Wildman–Crippen LogP) is 3.01. The van der Waals surface area contributed by atoms with Gasteiger partial charge in [0, 0.05) is 20.6 Å². The number of guanidine groups is 1. The molecule has 1 aromatic carbocycles. The van der Waals surface area contributed by atoms with Gasteiger partial charge in [-0.2, -0.15) is 5.10 Å². The van der Waals surface area contributed by atoms with Crippen LogP contribution in [0.5, 0.6) is 5.75 Å². The highest BCUT2D eigenvalue weighted by molar-refractivity contribution is 14.0. The molecule has 3 rings (SSSR count). The molecule has 1 saturated carbocycles. The first-order valence-electron chi connectivity index (χ1n) is 9.27. The van der Waals surface area contributed by atoms with Gasteiger partial charge < -0.3 is 15.4 Å².